The van der Waals surface area contributed by atoms with Crippen molar-refractivity contribution in [2.75, 3.05) is 18.4 Å². The molecule has 150 valence electrons. The molecule has 0 unspecified atom stereocenters. The molecule has 3 rings (SSSR count). The molecule has 6 nitrogen and oxygen atoms in total. The second kappa shape index (κ2) is 8.15. The van der Waals surface area contributed by atoms with Gasteiger partial charge in [-0.05, 0) is 36.2 Å². The summed E-state index contributed by atoms with van der Waals surface area (Å²) < 4.78 is 37.9. The van der Waals surface area contributed by atoms with Crippen LogP contribution in [-0.4, -0.2) is 34.1 Å². The molecule has 2 aromatic rings. The number of alkyl halides is 3. The van der Waals surface area contributed by atoms with Gasteiger partial charge in [0, 0.05) is 37.4 Å². The summed E-state index contributed by atoms with van der Waals surface area (Å²) >= 11 is 0. The van der Waals surface area contributed by atoms with E-state index in [2.05, 4.69) is 10.2 Å². The number of anilines is 1. The number of aliphatic hydroxyl groups is 1. The van der Waals surface area contributed by atoms with Gasteiger partial charge in [0.25, 0.3) is 5.69 Å². The van der Waals surface area contributed by atoms with Crippen molar-refractivity contribution in [1.29, 1.82) is 0 Å². The lowest BCUT2D eigenvalue weighted by atomic mass is 10.1. The van der Waals surface area contributed by atoms with Gasteiger partial charge in [0.05, 0.1) is 22.7 Å². The average Bonchev–Trinajstić information content (AvgIpc) is 3.08. The maximum Gasteiger partial charge on any atom is 0.416 e. The molecule has 28 heavy (non-hydrogen) atoms. The second-order valence-electron chi connectivity index (χ2n) is 6.82. The Kier molecular flexibility index (Phi) is 5.85. The number of aliphatic hydroxyl groups excluding tert-OH is 1. The first kappa shape index (κ1) is 20.1. The quantitative estimate of drug-likeness (QED) is 0.575. The highest BCUT2D eigenvalue weighted by atomic mass is 19.4. The normalized spacial score (nSPS) is 17.6. The van der Waals surface area contributed by atoms with Crippen molar-refractivity contribution in [3.8, 4) is 0 Å². The van der Waals surface area contributed by atoms with Crippen LogP contribution in [0, 0.1) is 10.1 Å². The van der Waals surface area contributed by atoms with Crippen LogP contribution in [0.2, 0.25) is 0 Å². The average molecular weight is 395 g/mol. The highest BCUT2D eigenvalue weighted by Crippen LogP contribution is 2.29. The minimum absolute atomic E-state index is 0.0778. The molecule has 0 amide bonds. The van der Waals surface area contributed by atoms with Gasteiger partial charge in [0.1, 0.15) is 0 Å². The Labute approximate surface area is 159 Å². The van der Waals surface area contributed by atoms with Crippen LogP contribution in [0.5, 0.6) is 0 Å². The van der Waals surface area contributed by atoms with Gasteiger partial charge in [-0.3, -0.25) is 15.0 Å². The molecule has 2 aromatic carbocycles. The Hall–Kier alpha value is -2.65. The summed E-state index contributed by atoms with van der Waals surface area (Å²) in [4.78, 5) is 12.7. The number of halogens is 3. The maximum absolute atomic E-state index is 12.6. The summed E-state index contributed by atoms with van der Waals surface area (Å²) in [6.07, 6.45) is -3.52. The number of hydrogen-bond donors (Lipinski definition) is 2. The van der Waals surface area contributed by atoms with E-state index < -0.39 is 23.3 Å². The van der Waals surface area contributed by atoms with Crippen molar-refractivity contribution in [1.82, 2.24) is 4.90 Å². The van der Waals surface area contributed by atoms with Crippen LogP contribution in [0.25, 0.3) is 0 Å². The third-order valence-corrected chi connectivity index (χ3v) is 4.78. The molecule has 1 fully saturated rings. The van der Waals surface area contributed by atoms with E-state index in [9.17, 15) is 28.4 Å². The molecule has 1 aliphatic rings. The van der Waals surface area contributed by atoms with E-state index in [1.54, 1.807) is 6.07 Å². The van der Waals surface area contributed by atoms with Crippen molar-refractivity contribution in [2.24, 2.45) is 0 Å². The van der Waals surface area contributed by atoms with Gasteiger partial charge in [-0.15, -0.1) is 0 Å². The molecule has 1 aliphatic heterocycles. The van der Waals surface area contributed by atoms with Crippen molar-refractivity contribution in [2.45, 2.75) is 31.8 Å². The third kappa shape index (κ3) is 4.79. The van der Waals surface area contributed by atoms with E-state index >= 15 is 0 Å². The molecule has 1 saturated heterocycles. The number of nitro groups is 1. The van der Waals surface area contributed by atoms with Crippen LogP contribution in [0.3, 0.4) is 0 Å². The zero-order valence-corrected chi connectivity index (χ0v) is 14.9. The van der Waals surface area contributed by atoms with Crippen LogP contribution < -0.4 is 5.32 Å². The first-order valence-electron chi connectivity index (χ1n) is 8.79. The number of rotatable bonds is 6. The Balaban J connectivity index is 1.58. The van der Waals surface area contributed by atoms with Crippen LogP contribution in [0.4, 0.5) is 24.5 Å². The minimum atomic E-state index is -4.34. The van der Waals surface area contributed by atoms with Crippen molar-refractivity contribution < 1.29 is 23.2 Å². The number of nitrogens with zero attached hydrogens (tertiary/aromatic N) is 2. The maximum atomic E-state index is 12.6. The fraction of sp³-hybridized carbons (Fsp3) is 0.368. The highest BCUT2D eigenvalue weighted by molar-refractivity contribution is 5.55. The number of hydrogen-bond acceptors (Lipinski definition) is 5. The second-order valence-corrected chi connectivity index (χ2v) is 6.82. The van der Waals surface area contributed by atoms with Gasteiger partial charge < -0.3 is 10.4 Å². The number of likely N-dealkylation sites (tertiary alicyclic amines) is 1. The molecule has 9 heteroatoms. The Morgan fingerprint density at radius 2 is 1.93 bits per heavy atom. The molecule has 0 aromatic heterocycles. The van der Waals surface area contributed by atoms with E-state index in [1.165, 1.54) is 24.3 Å². The van der Waals surface area contributed by atoms with Gasteiger partial charge in [-0.2, -0.15) is 13.2 Å². The summed E-state index contributed by atoms with van der Waals surface area (Å²) in [5.41, 5.74) is 0.866. The van der Waals surface area contributed by atoms with Crippen molar-refractivity contribution in [3.63, 3.8) is 0 Å². The number of nitro benzene ring substituents is 1. The van der Waals surface area contributed by atoms with Crippen molar-refractivity contribution >= 4 is 11.4 Å². The van der Waals surface area contributed by atoms with E-state index in [0.717, 1.165) is 30.7 Å². The van der Waals surface area contributed by atoms with Crippen LogP contribution in [-0.2, 0) is 19.3 Å². The number of nitrogens with one attached hydrogen (secondary N) is 1. The number of benzene rings is 2. The fourth-order valence-electron chi connectivity index (χ4n) is 3.34. The predicted octanol–water partition coefficient (Wildman–Crippen LogP) is 3.79. The summed E-state index contributed by atoms with van der Waals surface area (Å²) in [5.74, 6) is 0. The van der Waals surface area contributed by atoms with Crippen molar-refractivity contribution in [3.05, 3.63) is 69.3 Å². The standard InChI is InChI=1S/C19H20F3N3O3/c20-19(21,22)15-4-1-13(2-5-15)10-24-8-7-17(11-24)23-16-6-3-14(12-26)18(9-16)25(27)28/h1-6,9,17,23,26H,7-8,10-12H2/t17-/m0/s1. The van der Waals surface area contributed by atoms with Gasteiger partial charge in [-0.1, -0.05) is 12.1 Å². The third-order valence-electron chi connectivity index (χ3n) is 4.78. The Morgan fingerprint density at radius 1 is 1.21 bits per heavy atom. The predicted molar refractivity (Wildman–Crippen MR) is 97.8 cm³/mol. The lowest BCUT2D eigenvalue weighted by Crippen LogP contribution is -2.26. The van der Waals surface area contributed by atoms with Gasteiger partial charge >= 0.3 is 6.18 Å². The fourth-order valence-corrected chi connectivity index (χ4v) is 3.34. The van der Waals surface area contributed by atoms with Gasteiger partial charge in [-0.25, -0.2) is 0 Å². The smallest absolute Gasteiger partial charge is 0.391 e. The zero-order chi connectivity index (χ0) is 20.3. The van der Waals surface area contributed by atoms with Crippen LogP contribution in [0.1, 0.15) is 23.1 Å². The summed E-state index contributed by atoms with van der Waals surface area (Å²) in [7, 11) is 0. The van der Waals surface area contributed by atoms with E-state index in [-0.39, 0.29) is 17.3 Å². The zero-order valence-electron chi connectivity index (χ0n) is 14.9. The molecule has 0 radical (unpaired) electrons. The molecule has 0 spiro atoms. The largest absolute Gasteiger partial charge is 0.416 e. The van der Waals surface area contributed by atoms with Crippen LogP contribution >= 0.6 is 0 Å². The molecule has 0 aliphatic carbocycles. The Morgan fingerprint density at radius 3 is 2.54 bits per heavy atom. The highest BCUT2D eigenvalue weighted by Gasteiger charge is 2.30. The summed E-state index contributed by atoms with van der Waals surface area (Å²) in [6.45, 7) is 1.59. The Bertz CT molecular complexity index is 841. The lowest BCUT2D eigenvalue weighted by Gasteiger charge is -2.18. The first-order valence-corrected chi connectivity index (χ1v) is 8.79. The molecule has 1 atom stereocenters. The van der Waals surface area contributed by atoms with Gasteiger partial charge in [0.15, 0.2) is 0 Å². The molecule has 1 heterocycles. The topological polar surface area (TPSA) is 78.6 Å². The molecule has 0 saturated carbocycles. The molecular formula is C19H20F3N3O3. The summed E-state index contributed by atoms with van der Waals surface area (Å²) in [5, 5.41) is 23.5. The van der Waals surface area contributed by atoms with E-state index in [0.29, 0.717) is 18.8 Å². The lowest BCUT2D eigenvalue weighted by molar-refractivity contribution is -0.385. The SMILES string of the molecule is O=[N+]([O-])c1cc(N[C@H]2CCN(Cc3ccc(C(F)(F)F)cc3)C2)ccc1CO. The first-order chi connectivity index (χ1) is 13.3. The minimum Gasteiger partial charge on any atom is -0.391 e. The van der Waals surface area contributed by atoms with E-state index in [1.807, 2.05) is 0 Å². The molecule has 2 N–H and O–H groups in total. The molecule has 0 bridgehead atoms. The van der Waals surface area contributed by atoms with E-state index in [4.69, 9.17) is 0 Å². The molecular weight excluding hydrogens is 375 g/mol. The monoisotopic (exact) mass is 395 g/mol. The van der Waals surface area contributed by atoms with Crippen LogP contribution in [0.15, 0.2) is 42.5 Å². The van der Waals surface area contributed by atoms with Gasteiger partial charge in [0.2, 0.25) is 0 Å². The summed E-state index contributed by atoms with van der Waals surface area (Å²) in [6, 6.07) is 9.85.